The van der Waals surface area contributed by atoms with Crippen molar-refractivity contribution in [3.63, 3.8) is 0 Å². The van der Waals surface area contributed by atoms with Gasteiger partial charge < -0.3 is 4.74 Å². The Labute approximate surface area is 211 Å². The van der Waals surface area contributed by atoms with E-state index in [2.05, 4.69) is 10.3 Å². The molecule has 9 nitrogen and oxygen atoms in total. The second kappa shape index (κ2) is 10.5. The predicted octanol–water partition coefficient (Wildman–Crippen LogP) is 4.57. The Bertz CT molecular complexity index is 1190. The Morgan fingerprint density at radius 1 is 1.14 bits per heavy atom. The smallest absolute Gasteiger partial charge is 0.326 e. The molecule has 4 rings (SSSR count). The third kappa shape index (κ3) is 6.47. The van der Waals surface area contributed by atoms with Crippen molar-refractivity contribution in [3.05, 3.63) is 70.2 Å². The van der Waals surface area contributed by atoms with Gasteiger partial charge in [0, 0.05) is 11.4 Å². The average molecular weight is 524 g/mol. The summed E-state index contributed by atoms with van der Waals surface area (Å²) >= 11 is 12.1. The topological polar surface area (TPSA) is 82.0 Å². The van der Waals surface area contributed by atoms with E-state index in [0.29, 0.717) is 22.0 Å². The van der Waals surface area contributed by atoms with Crippen LogP contribution in [-0.4, -0.2) is 51.1 Å². The van der Waals surface area contributed by atoms with Crippen LogP contribution < -0.4 is 5.06 Å². The van der Waals surface area contributed by atoms with Gasteiger partial charge in [0.05, 0.1) is 17.6 Å². The highest BCUT2D eigenvalue weighted by Crippen LogP contribution is 2.30. The number of anilines is 1. The highest BCUT2D eigenvalue weighted by Gasteiger charge is 2.35. The van der Waals surface area contributed by atoms with Crippen molar-refractivity contribution in [1.82, 2.24) is 20.1 Å². The van der Waals surface area contributed by atoms with Crippen LogP contribution in [0.5, 0.6) is 0 Å². The van der Waals surface area contributed by atoms with Crippen LogP contribution in [0.25, 0.3) is 5.69 Å². The molecule has 0 spiro atoms. The van der Waals surface area contributed by atoms with Crippen molar-refractivity contribution in [3.8, 4) is 5.69 Å². The molecule has 0 N–H and O–H groups in total. The van der Waals surface area contributed by atoms with Gasteiger partial charge in [0.1, 0.15) is 17.5 Å². The van der Waals surface area contributed by atoms with Crippen LogP contribution in [0.15, 0.2) is 48.7 Å². The molecule has 0 amide bonds. The first kappa shape index (κ1) is 25.3. The Kier molecular flexibility index (Phi) is 7.58. The molecule has 2 heterocycles. The molecule has 1 aliphatic heterocycles. The molecule has 0 bridgehead atoms. The van der Waals surface area contributed by atoms with Crippen molar-refractivity contribution in [2.24, 2.45) is 0 Å². The SMILES string of the molecule is CC(C)(C)OC(=O)C(Cc1cccc(F)c1)N1CON(c2cc(Cl)ccc2-n2cc(Cl)nn2)CO1. The van der Waals surface area contributed by atoms with Gasteiger partial charge in [-0.3, -0.25) is 14.5 Å². The fraction of sp³-hybridized carbons (Fsp3) is 0.348. The van der Waals surface area contributed by atoms with E-state index < -0.39 is 23.4 Å². The lowest BCUT2D eigenvalue weighted by atomic mass is 10.1. The molecule has 12 heteroatoms. The Hall–Kier alpha value is -2.76. The fourth-order valence-electron chi connectivity index (χ4n) is 3.46. The monoisotopic (exact) mass is 523 g/mol. The molecular weight excluding hydrogens is 500 g/mol. The van der Waals surface area contributed by atoms with Crippen LogP contribution in [0.4, 0.5) is 10.1 Å². The minimum Gasteiger partial charge on any atom is -0.459 e. The Morgan fingerprint density at radius 3 is 2.57 bits per heavy atom. The van der Waals surface area contributed by atoms with E-state index in [4.69, 9.17) is 37.6 Å². The molecule has 1 aromatic heterocycles. The Balaban J connectivity index is 1.54. The number of halogens is 3. The van der Waals surface area contributed by atoms with Crippen LogP contribution in [-0.2, 0) is 25.6 Å². The van der Waals surface area contributed by atoms with Crippen molar-refractivity contribution in [1.29, 1.82) is 0 Å². The second-order valence-electron chi connectivity index (χ2n) is 8.81. The number of hydroxylamine groups is 3. The molecule has 0 saturated carbocycles. The van der Waals surface area contributed by atoms with Gasteiger partial charge in [0.25, 0.3) is 0 Å². The van der Waals surface area contributed by atoms with Gasteiger partial charge in [-0.2, -0.15) is 0 Å². The van der Waals surface area contributed by atoms with Gasteiger partial charge in [-0.05, 0) is 56.7 Å². The number of nitrogens with zero attached hydrogens (tertiary/aromatic N) is 5. The zero-order chi connectivity index (χ0) is 25.2. The van der Waals surface area contributed by atoms with Crippen LogP contribution in [0.3, 0.4) is 0 Å². The summed E-state index contributed by atoms with van der Waals surface area (Å²) < 4.78 is 20.8. The quantitative estimate of drug-likeness (QED) is 0.434. The predicted molar refractivity (Wildman–Crippen MR) is 127 cm³/mol. The van der Waals surface area contributed by atoms with Crippen molar-refractivity contribution < 1.29 is 23.6 Å². The maximum atomic E-state index is 13.8. The summed E-state index contributed by atoms with van der Waals surface area (Å²) in [6.07, 6.45) is 1.71. The summed E-state index contributed by atoms with van der Waals surface area (Å²) in [5.41, 5.74) is 1.06. The van der Waals surface area contributed by atoms with E-state index in [0.717, 1.165) is 0 Å². The molecule has 186 valence electrons. The maximum absolute atomic E-state index is 13.8. The van der Waals surface area contributed by atoms with E-state index in [1.807, 2.05) is 0 Å². The number of carbonyl (C=O) groups is 1. The minimum absolute atomic E-state index is 0.0712. The molecule has 0 aliphatic carbocycles. The summed E-state index contributed by atoms with van der Waals surface area (Å²) in [4.78, 5) is 24.9. The van der Waals surface area contributed by atoms with Crippen LogP contribution in [0, 0.1) is 5.82 Å². The first-order valence-corrected chi connectivity index (χ1v) is 11.5. The summed E-state index contributed by atoms with van der Waals surface area (Å²) in [6.45, 7) is 5.14. The molecule has 3 aromatic rings. The molecule has 1 fully saturated rings. The highest BCUT2D eigenvalue weighted by molar-refractivity contribution is 6.31. The summed E-state index contributed by atoms with van der Waals surface area (Å²) in [6, 6.07) is 10.3. The molecule has 1 unspecified atom stereocenters. The number of rotatable bonds is 6. The molecule has 0 radical (unpaired) electrons. The van der Waals surface area contributed by atoms with Gasteiger partial charge in [0.15, 0.2) is 18.6 Å². The van der Waals surface area contributed by atoms with E-state index >= 15 is 0 Å². The molecule has 1 saturated heterocycles. The second-order valence-corrected chi connectivity index (χ2v) is 9.64. The fourth-order valence-corrected chi connectivity index (χ4v) is 3.75. The number of ether oxygens (including phenoxy) is 1. The molecule has 1 aliphatic rings. The number of aromatic nitrogens is 3. The lowest BCUT2D eigenvalue weighted by Crippen LogP contribution is -2.52. The summed E-state index contributed by atoms with van der Waals surface area (Å²) in [7, 11) is 0. The van der Waals surface area contributed by atoms with Gasteiger partial charge in [-0.15, -0.1) is 10.2 Å². The van der Waals surface area contributed by atoms with Crippen LogP contribution in [0.2, 0.25) is 10.2 Å². The normalized spacial score (nSPS) is 15.8. The number of carbonyl (C=O) groups excluding carboxylic acids is 1. The van der Waals surface area contributed by atoms with Gasteiger partial charge in [-0.25, -0.2) is 14.1 Å². The van der Waals surface area contributed by atoms with Crippen molar-refractivity contribution in [2.75, 3.05) is 18.5 Å². The first-order chi connectivity index (χ1) is 16.6. The number of hydrogen-bond acceptors (Lipinski definition) is 8. The van der Waals surface area contributed by atoms with E-state index in [-0.39, 0.29) is 25.0 Å². The number of benzene rings is 2. The van der Waals surface area contributed by atoms with Crippen LogP contribution in [0.1, 0.15) is 26.3 Å². The third-order valence-electron chi connectivity index (χ3n) is 4.94. The number of hydrogen-bond donors (Lipinski definition) is 0. The zero-order valence-electron chi connectivity index (χ0n) is 19.3. The molecular formula is C23H24Cl2FN5O4. The number of esters is 1. The first-order valence-electron chi connectivity index (χ1n) is 10.7. The van der Waals surface area contributed by atoms with E-state index in [1.54, 1.807) is 57.3 Å². The standard InChI is InChI=1S/C23H24Cl2FN5O4/c1-23(2,3)35-22(32)20(10-15-5-4-6-17(26)9-15)31-14-33-30(13-34-31)19-11-16(24)7-8-18(19)29-12-21(25)27-28-29/h4-9,11-12,20H,10,13-14H2,1-3H3. The van der Waals surface area contributed by atoms with E-state index in [1.165, 1.54) is 26.9 Å². The molecule has 1 atom stereocenters. The minimum atomic E-state index is -0.869. The highest BCUT2D eigenvalue weighted by atomic mass is 35.5. The average Bonchev–Trinajstić information content (AvgIpc) is 3.22. The van der Waals surface area contributed by atoms with Gasteiger partial charge in [-0.1, -0.05) is 40.5 Å². The largest absolute Gasteiger partial charge is 0.459 e. The third-order valence-corrected chi connectivity index (χ3v) is 5.35. The van der Waals surface area contributed by atoms with E-state index in [9.17, 15) is 9.18 Å². The van der Waals surface area contributed by atoms with Gasteiger partial charge >= 0.3 is 5.97 Å². The Morgan fingerprint density at radius 2 is 1.94 bits per heavy atom. The van der Waals surface area contributed by atoms with Crippen molar-refractivity contribution in [2.45, 2.75) is 38.8 Å². The lowest BCUT2D eigenvalue weighted by molar-refractivity contribution is -0.284. The lowest BCUT2D eigenvalue weighted by Gasteiger charge is -2.38. The van der Waals surface area contributed by atoms with Gasteiger partial charge in [0.2, 0.25) is 0 Å². The summed E-state index contributed by atoms with van der Waals surface area (Å²) in [5.74, 6) is -0.909. The van der Waals surface area contributed by atoms with Crippen LogP contribution >= 0.6 is 23.2 Å². The van der Waals surface area contributed by atoms with Crippen molar-refractivity contribution >= 4 is 34.9 Å². The molecule has 35 heavy (non-hydrogen) atoms. The molecule has 2 aromatic carbocycles. The zero-order valence-corrected chi connectivity index (χ0v) is 20.8. The maximum Gasteiger partial charge on any atom is 0.326 e. The summed E-state index contributed by atoms with van der Waals surface area (Å²) in [5, 5.41) is 11.3.